The molecular formula is C12H16ClNO2. The molecule has 0 aliphatic carbocycles. The first-order valence-corrected chi connectivity index (χ1v) is 5.68. The first-order valence-electron chi connectivity index (χ1n) is 5.30. The summed E-state index contributed by atoms with van der Waals surface area (Å²) in [5, 5.41) is 9.45. The maximum absolute atomic E-state index is 11.8. The number of hydrogen-bond donors (Lipinski definition) is 1. The maximum atomic E-state index is 11.8. The standard InChI is InChI=1S/C12H16ClNO2/c1-2-14(6-7-15)12(16)9-10-4-3-5-11(13)8-10/h3-5,8,15H,2,6-7,9H2,1H3. The second kappa shape index (κ2) is 6.51. The van der Waals surface area contributed by atoms with Crippen LogP contribution in [0.5, 0.6) is 0 Å². The van der Waals surface area contributed by atoms with Crippen molar-refractivity contribution in [2.45, 2.75) is 13.3 Å². The van der Waals surface area contributed by atoms with Gasteiger partial charge in [-0.1, -0.05) is 23.7 Å². The van der Waals surface area contributed by atoms with Gasteiger partial charge in [-0.2, -0.15) is 0 Å². The molecule has 1 aromatic carbocycles. The smallest absolute Gasteiger partial charge is 0.227 e. The van der Waals surface area contributed by atoms with E-state index in [1.807, 2.05) is 19.1 Å². The van der Waals surface area contributed by atoms with Gasteiger partial charge in [-0.15, -0.1) is 0 Å². The van der Waals surface area contributed by atoms with Crippen LogP contribution in [0.25, 0.3) is 0 Å². The molecule has 0 heterocycles. The lowest BCUT2D eigenvalue weighted by atomic mass is 10.1. The highest BCUT2D eigenvalue weighted by atomic mass is 35.5. The summed E-state index contributed by atoms with van der Waals surface area (Å²) in [4.78, 5) is 13.4. The number of aliphatic hydroxyl groups excluding tert-OH is 1. The van der Waals surface area contributed by atoms with Gasteiger partial charge in [-0.3, -0.25) is 4.79 Å². The Labute approximate surface area is 101 Å². The molecule has 0 spiro atoms. The van der Waals surface area contributed by atoms with Gasteiger partial charge in [0.25, 0.3) is 0 Å². The fourth-order valence-corrected chi connectivity index (χ4v) is 1.73. The molecule has 0 saturated carbocycles. The number of nitrogens with zero attached hydrogens (tertiary/aromatic N) is 1. The predicted molar refractivity (Wildman–Crippen MR) is 64.5 cm³/mol. The minimum Gasteiger partial charge on any atom is -0.395 e. The summed E-state index contributed by atoms with van der Waals surface area (Å²) >= 11 is 5.84. The van der Waals surface area contributed by atoms with Gasteiger partial charge in [0.05, 0.1) is 13.0 Å². The molecule has 1 aromatic rings. The van der Waals surface area contributed by atoms with E-state index in [0.717, 1.165) is 5.56 Å². The molecule has 1 amide bonds. The second-order valence-electron chi connectivity index (χ2n) is 3.50. The molecule has 16 heavy (non-hydrogen) atoms. The minimum absolute atomic E-state index is 0.00484. The van der Waals surface area contributed by atoms with E-state index in [1.54, 1.807) is 17.0 Å². The van der Waals surface area contributed by atoms with Crippen LogP contribution in [0, 0.1) is 0 Å². The van der Waals surface area contributed by atoms with E-state index in [4.69, 9.17) is 16.7 Å². The Morgan fingerprint density at radius 2 is 2.25 bits per heavy atom. The molecule has 1 N–H and O–H groups in total. The topological polar surface area (TPSA) is 40.5 Å². The normalized spacial score (nSPS) is 10.2. The Morgan fingerprint density at radius 1 is 1.50 bits per heavy atom. The number of hydrogen-bond acceptors (Lipinski definition) is 2. The molecule has 88 valence electrons. The molecule has 3 nitrogen and oxygen atoms in total. The van der Waals surface area contributed by atoms with Gasteiger partial charge >= 0.3 is 0 Å². The fourth-order valence-electron chi connectivity index (χ4n) is 1.51. The predicted octanol–water partition coefficient (Wildman–Crippen LogP) is 1.72. The number of likely N-dealkylation sites (N-methyl/N-ethyl adjacent to an activating group) is 1. The van der Waals surface area contributed by atoms with Crippen LogP contribution in [0.15, 0.2) is 24.3 Å². The van der Waals surface area contributed by atoms with E-state index in [0.29, 0.717) is 24.5 Å². The van der Waals surface area contributed by atoms with Crippen molar-refractivity contribution in [1.82, 2.24) is 4.90 Å². The molecule has 0 aliphatic rings. The van der Waals surface area contributed by atoms with E-state index >= 15 is 0 Å². The zero-order chi connectivity index (χ0) is 12.0. The largest absolute Gasteiger partial charge is 0.395 e. The molecule has 0 radical (unpaired) electrons. The van der Waals surface area contributed by atoms with Crippen molar-refractivity contribution >= 4 is 17.5 Å². The van der Waals surface area contributed by atoms with Crippen LogP contribution in [0.1, 0.15) is 12.5 Å². The molecule has 0 aromatic heterocycles. The number of amides is 1. The van der Waals surface area contributed by atoms with Gasteiger partial charge in [0, 0.05) is 18.1 Å². The molecular weight excluding hydrogens is 226 g/mol. The third-order valence-corrected chi connectivity index (χ3v) is 2.58. The van der Waals surface area contributed by atoms with Crippen LogP contribution >= 0.6 is 11.6 Å². The lowest BCUT2D eigenvalue weighted by Crippen LogP contribution is -2.34. The van der Waals surface area contributed by atoms with E-state index in [2.05, 4.69) is 0 Å². The first-order chi connectivity index (χ1) is 7.67. The molecule has 0 unspecified atom stereocenters. The number of benzene rings is 1. The van der Waals surface area contributed by atoms with E-state index in [9.17, 15) is 4.79 Å². The molecule has 0 fully saturated rings. The van der Waals surface area contributed by atoms with Crippen LogP contribution in [-0.2, 0) is 11.2 Å². The zero-order valence-corrected chi connectivity index (χ0v) is 10.1. The van der Waals surface area contributed by atoms with Gasteiger partial charge in [-0.05, 0) is 24.6 Å². The number of aliphatic hydroxyl groups is 1. The van der Waals surface area contributed by atoms with Gasteiger partial charge in [0.15, 0.2) is 0 Å². The van der Waals surface area contributed by atoms with Crippen molar-refractivity contribution in [2.24, 2.45) is 0 Å². The van der Waals surface area contributed by atoms with Gasteiger partial charge < -0.3 is 10.0 Å². The van der Waals surface area contributed by atoms with Crippen LogP contribution in [0.4, 0.5) is 0 Å². The summed E-state index contributed by atoms with van der Waals surface area (Å²) in [5.74, 6) is 0.0128. The Kier molecular flexibility index (Phi) is 5.29. The lowest BCUT2D eigenvalue weighted by molar-refractivity contribution is -0.130. The van der Waals surface area contributed by atoms with Crippen LogP contribution in [0.2, 0.25) is 5.02 Å². The van der Waals surface area contributed by atoms with Gasteiger partial charge in [0.2, 0.25) is 5.91 Å². The highest BCUT2D eigenvalue weighted by molar-refractivity contribution is 6.30. The Bertz CT molecular complexity index is 355. The molecule has 0 saturated heterocycles. The zero-order valence-electron chi connectivity index (χ0n) is 9.32. The SMILES string of the molecule is CCN(CCO)C(=O)Cc1cccc(Cl)c1. The molecule has 4 heteroatoms. The first kappa shape index (κ1) is 13.0. The Morgan fingerprint density at radius 3 is 2.81 bits per heavy atom. The van der Waals surface area contributed by atoms with Crippen molar-refractivity contribution < 1.29 is 9.90 Å². The Balaban J connectivity index is 2.62. The van der Waals surface area contributed by atoms with Crippen molar-refractivity contribution in [3.05, 3.63) is 34.9 Å². The third-order valence-electron chi connectivity index (χ3n) is 2.35. The highest BCUT2D eigenvalue weighted by Crippen LogP contribution is 2.11. The highest BCUT2D eigenvalue weighted by Gasteiger charge is 2.11. The van der Waals surface area contributed by atoms with E-state index in [1.165, 1.54) is 0 Å². The van der Waals surface area contributed by atoms with Crippen molar-refractivity contribution in [1.29, 1.82) is 0 Å². The van der Waals surface area contributed by atoms with E-state index in [-0.39, 0.29) is 12.5 Å². The second-order valence-corrected chi connectivity index (χ2v) is 3.94. The minimum atomic E-state index is -0.00484. The monoisotopic (exact) mass is 241 g/mol. The average molecular weight is 242 g/mol. The number of carbonyl (C=O) groups is 1. The van der Waals surface area contributed by atoms with Crippen LogP contribution < -0.4 is 0 Å². The quantitative estimate of drug-likeness (QED) is 0.853. The van der Waals surface area contributed by atoms with Gasteiger partial charge in [0.1, 0.15) is 0 Å². The molecule has 0 atom stereocenters. The van der Waals surface area contributed by atoms with Crippen LogP contribution in [0.3, 0.4) is 0 Å². The lowest BCUT2D eigenvalue weighted by Gasteiger charge is -2.19. The summed E-state index contributed by atoms with van der Waals surface area (Å²) in [7, 11) is 0. The number of carbonyl (C=O) groups excluding carboxylic acids is 1. The summed E-state index contributed by atoms with van der Waals surface area (Å²) in [6.07, 6.45) is 0.328. The Hall–Kier alpha value is -1.06. The summed E-state index contributed by atoms with van der Waals surface area (Å²) in [5.41, 5.74) is 0.897. The van der Waals surface area contributed by atoms with E-state index < -0.39 is 0 Å². The number of halogens is 1. The molecule has 0 bridgehead atoms. The van der Waals surface area contributed by atoms with Crippen molar-refractivity contribution in [3.63, 3.8) is 0 Å². The summed E-state index contributed by atoms with van der Waals surface area (Å²) in [6.45, 7) is 2.89. The van der Waals surface area contributed by atoms with Crippen LogP contribution in [-0.4, -0.2) is 35.6 Å². The molecule has 0 aliphatic heterocycles. The third kappa shape index (κ3) is 3.83. The molecule has 1 rings (SSSR count). The van der Waals surface area contributed by atoms with Crippen molar-refractivity contribution in [3.8, 4) is 0 Å². The number of rotatable bonds is 5. The maximum Gasteiger partial charge on any atom is 0.227 e. The van der Waals surface area contributed by atoms with Crippen molar-refractivity contribution in [2.75, 3.05) is 19.7 Å². The summed E-state index contributed by atoms with van der Waals surface area (Å²) < 4.78 is 0. The fraction of sp³-hybridized carbons (Fsp3) is 0.417. The average Bonchev–Trinajstić information content (AvgIpc) is 2.25. The summed E-state index contributed by atoms with van der Waals surface area (Å²) in [6, 6.07) is 7.26. The van der Waals surface area contributed by atoms with Gasteiger partial charge in [-0.25, -0.2) is 0 Å².